The minimum atomic E-state index is -1.41. The van der Waals surface area contributed by atoms with E-state index in [1.807, 2.05) is 0 Å². The van der Waals surface area contributed by atoms with Crippen LogP contribution in [-0.2, 0) is 36.9 Å². The molecule has 0 amide bonds. The fourth-order valence-corrected chi connectivity index (χ4v) is 2.01. The van der Waals surface area contributed by atoms with Crippen LogP contribution in [0.1, 0.15) is 20.8 Å². The SMILES string of the molecule is CCP(=[N-])(CC)CC.[O-2].[O-2].[O-2].[Re]. The fraction of sp³-hybridized carbons (Fsp3) is 1.00. The van der Waals surface area contributed by atoms with Crippen molar-refractivity contribution in [1.29, 1.82) is 0 Å². The van der Waals surface area contributed by atoms with Gasteiger partial charge in [-0.3, -0.25) is 0 Å². The summed E-state index contributed by atoms with van der Waals surface area (Å²) in [5.41, 5.74) is 0. The van der Waals surface area contributed by atoms with E-state index < -0.39 is 7.05 Å². The number of hydrogen-bond donors (Lipinski definition) is 0. The van der Waals surface area contributed by atoms with Gasteiger partial charge in [0.25, 0.3) is 0 Å². The van der Waals surface area contributed by atoms with Crippen molar-refractivity contribution in [1.82, 2.24) is 0 Å². The summed E-state index contributed by atoms with van der Waals surface area (Å²) in [5, 5.41) is 9.55. The maximum atomic E-state index is 9.55. The van der Waals surface area contributed by atoms with Crippen LogP contribution in [0.15, 0.2) is 0 Å². The Morgan fingerprint density at radius 1 is 0.833 bits per heavy atom. The maximum Gasteiger partial charge on any atom is 0 e. The Hall–Kier alpha value is 0.772. The van der Waals surface area contributed by atoms with E-state index in [0.29, 0.717) is 0 Å². The van der Waals surface area contributed by atoms with Crippen LogP contribution in [-0.4, -0.2) is 18.5 Å². The molecule has 81 valence electrons. The molecule has 12 heavy (non-hydrogen) atoms. The molecule has 6 heteroatoms. The van der Waals surface area contributed by atoms with Crippen molar-refractivity contribution in [2.45, 2.75) is 20.8 Å². The smallest absolute Gasteiger partial charge is 0 e. The molecule has 0 saturated carbocycles. The molecule has 0 aromatic rings. The summed E-state index contributed by atoms with van der Waals surface area (Å²) in [6.45, 7) is 6.21. The molecule has 0 fully saturated rings. The summed E-state index contributed by atoms with van der Waals surface area (Å²) in [6, 6.07) is 0. The van der Waals surface area contributed by atoms with Gasteiger partial charge in [0, 0.05) is 20.4 Å². The summed E-state index contributed by atoms with van der Waals surface area (Å²) >= 11 is 0. The van der Waals surface area contributed by atoms with E-state index in [1.165, 1.54) is 0 Å². The number of rotatable bonds is 3. The molecule has 0 rings (SSSR count). The summed E-state index contributed by atoms with van der Waals surface area (Å²) in [7, 11) is -1.41. The van der Waals surface area contributed by atoms with Gasteiger partial charge in [-0.2, -0.15) is 0 Å². The Labute approximate surface area is 88.6 Å². The minimum Gasteiger partial charge on any atom is -2.00 e. The predicted molar refractivity (Wildman–Crippen MR) is 44.0 cm³/mol. The first-order chi connectivity index (χ1) is 3.68. The van der Waals surface area contributed by atoms with Gasteiger partial charge in [0.2, 0.25) is 0 Å². The van der Waals surface area contributed by atoms with Crippen molar-refractivity contribution in [3.05, 3.63) is 5.16 Å². The van der Waals surface area contributed by atoms with Crippen LogP contribution < -0.4 is 0 Å². The molecule has 0 unspecified atom stereocenters. The molecule has 0 bridgehead atoms. The van der Waals surface area contributed by atoms with Crippen molar-refractivity contribution < 1.29 is 36.9 Å². The molecule has 0 spiro atoms. The third-order valence-electron chi connectivity index (χ3n) is 1.77. The Morgan fingerprint density at radius 3 is 1.00 bits per heavy atom. The monoisotopic (exact) mass is 367 g/mol. The van der Waals surface area contributed by atoms with Crippen LogP contribution in [0.3, 0.4) is 0 Å². The molecule has 0 N–H and O–H groups in total. The quantitative estimate of drug-likeness (QED) is 0.684. The normalized spacial score (nSPS) is 7.92. The molecule has 4 nitrogen and oxygen atoms in total. The van der Waals surface area contributed by atoms with Crippen LogP contribution in [0.2, 0.25) is 0 Å². The first-order valence-electron chi connectivity index (χ1n) is 3.27. The Bertz CT molecular complexity index is 93.9. The first kappa shape index (κ1) is 29.3. The van der Waals surface area contributed by atoms with Gasteiger partial charge in [0.05, 0.1) is 0 Å². The molecule has 1 radical (unpaired) electrons. The summed E-state index contributed by atoms with van der Waals surface area (Å²) in [5.74, 6) is 0. The van der Waals surface area contributed by atoms with Gasteiger partial charge in [-0.05, 0) is 0 Å². The van der Waals surface area contributed by atoms with Gasteiger partial charge in [-0.15, -0.1) is 0 Å². The van der Waals surface area contributed by atoms with E-state index in [-0.39, 0.29) is 36.9 Å². The molecule has 0 atom stereocenters. The average Bonchev–Trinajstić information content (AvgIpc) is 1.87. The van der Waals surface area contributed by atoms with E-state index in [4.69, 9.17) is 0 Å². The molecule has 0 aliphatic rings. The second kappa shape index (κ2) is 14.3. The second-order valence-electron chi connectivity index (χ2n) is 2.04. The molecule has 0 aromatic heterocycles. The van der Waals surface area contributed by atoms with Crippen LogP contribution >= 0.6 is 7.05 Å². The zero-order valence-corrected chi connectivity index (χ0v) is 11.2. The van der Waals surface area contributed by atoms with Gasteiger partial charge in [-0.25, -0.2) is 7.05 Å². The van der Waals surface area contributed by atoms with Gasteiger partial charge in [0.1, 0.15) is 0 Å². The standard InChI is InChI=1S/C6H15NP.3O.Re/c1-4-8(7,5-2)6-3;;;;/h4-6H2,1-3H3;;;;/q-1;3*-2;. The number of hydrogen-bond acceptors (Lipinski definition) is 0. The second-order valence-corrected chi connectivity index (χ2v) is 6.13. The third kappa shape index (κ3) is 10.8. The van der Waals surface area contributed by atoms with Gasteiger partial charge < -0.3 is 21.6 Å². The van der Waals surface area contributed by atoms with Crippen LogP contribution in [0.4, 0.5) is 0 Å². The Kier molecular flexibility index (Phi) is 34.9. The summed E-state index contributed by atoms with van der Waals surface area (Å²) < 4.78 is 0. The van der Waals surface area contributed by atoms with Crippen molar-refractivity contribution in [2.75, 3.05) is 18.5 Å². The van der Waals surface area contributed by atoms with E-state index in [2.05, 4.69) is 20.8 Å². The van der Waals surface area contributed by atoms with Gasteiger partial charge in [0.15, 0.2) is 0 Å². The fourth-order valence-electron chi connectivity index (χ4n) is 0.671. The van der Waals surface area contributed by atoms with Gasteiger partial charge >= 0.3 is 0 Å². The van der Waals surface area contributed by atoms with Crippen molar-refractivity contribution >= 4 is 7.05 Å². The van der Waals surface area contributed by atoms with Crippen LogP contribution in [0.25, 0.3) is 5.16 Å². The topological polar surface area (TPSA) is 108 Å². The molecule has 0 aromatic carbocycles. The zero-order chi connectivity index (χ0) is 6.62. The van der Waals surface area contributed by atoms with E-state index in [1.54, 1.807) is 0 Å². The average molecular weight is 366 g/mol. The summed E-state index contributed by atoms with van der Waals surface area (Å²) in [6.07, 6.45) is 2.96. The predicted octanol–water partition coefficient (Wildman–Crippen LogP) is 2.46. The Balaban J connectivity index is -0.0000000408. The van der Waals surface area contributed by atoms with E-state index >= 15 is 0 Å². The van der Waals surface area contributed by atoms with Crippen molar-refractivity contribution in [3.63, 3.8) is 0 Å². The summed E-state index contributed by atoms with van der Waals surface area (Å²) in [4.78, 5) is 0. The molecular weight excluding hydrogens is 351 g/mol. The van der Waals surface area contributed by atoms with Crippen LogP contribution in [0, 0.1) is 0 Å². The number of nitrogens with zero attached hydrogens (tertiary/aromatic N) is 1. The largest absolute Gasteiger partial charge is 2.00 e. The minimum absolute atomic E-state index is 0. The third-order valence-corrected chi connectivity index (χ3v) is 5.30. The van der Waals surface area contributed by atoms with Crippen molar-refractivity contribution in [2.24, 2.45) is 0 Å². The Morgan fingerprint density at radius 2 is 1.00 bits per heavy atom. The molecule has 0 saturated heterocycles. The first-order valence-corrected chi connectivity index (χ1v) is 5.57. The zero-order valence-electron chi connectivity index (χ0n) is 7.62. The van der Waals surface area contributed by atoms with Crippen LogP contribution in [0.5, 0.6) is 0 Å². The van der Waals surface area contributed by atoms with Gasteiger partial charge in [-0.1, -0.05) is 39.3 Å². The van der Waals surface area contributed by atoms with E-state index in [9.17, 15) is 5.16 Å². The van der Waals surface area contributed by atoms with Crippen molar-refractivity contribution in [3.8, 4) is 0 Å². The molecular formula is C6H15NO3PRe-7. The molecule has 0 aliphatic heterocycles. The maximum absolute atomic E-state index is 9.55. The molecule has 0 heterocycles. The van der Waals surface area contributed by atoms with E-state index in [0.717, 1.165) is 18.5 Å². The molecule has 0 aliphatic carbocycles.